The molecule has 0 aliphatic heterocycles. The molecule has 0 unspecified atom stereocenters. The molecule has 0 saturated heterocycles. The van der Waals surface area contributed by atoms with Crippen LogP contribution in [-0.4, -0.2) is 18.5 Å². The molecule has 0 N–H and O–H groups in total. The Hall–Kier alpha value is -2.10. The average molecular weight is 248 g/mol. The van der Waals surface area contributed by atoms with E-state index in [9.17, 15) is 9.59 Å². The number of rotatable bonds is 5. The normalized spacial score (nSPS) is 10.3. The molecule has 4 heteroatoms. The third-order valence-electron chi connectivity index (χ3n) is 2.11. The molecular weight excluding hydrogens is 232 g/mol. The quantitative estimate of drug-likeness (QED) is 0.455. The molecule has 0 bridgehead atoms. The topological polar surface area (TPSA) is 52.6 Å². The number of carbonyl (C=O) groups is 2. The van der Waals surface area contributed by atoms with Crippen molar-refractivity contribution >= 4 is 11.9 Å². The van der Waals surface area contributed by atoms with Crippen LogP contribution in [0.2, 0.25) is 0 Å². The minimum atomic E-state index is -0.341. The van der Waals surface area contributed by atoms with E-state index >= 15 is 0 Å². The van der Waals surface area contributed by atoms with Gasteiger partial charge in [-0.25, -0.2) is 0 Å². The smallest absolute Gasteiger partial charge is 0.308 e. The molecule has 1 aromatic rings. The first-order valence-corrected chi connectivity index (χ1v) is 5.64. The van der Waals surface area contributed by atoms with E-state index in [0.717, 1.165) is 5.56 Å². The van der Waals surface area contributed by atoms with E-state index in [1.807, 2.05) is 24.3 Å². The van der Waals surface area contributed by atoms with Crippen molar-refractivity contribution < 1.29 is 19.1 Å². The molecule has 0 saturated carbocycles. The standard InChI is InChI=1S/C14H16O4/c1-11(15)17-10-6-5-8-13-7-3-4-9-14(13)18-12(2)16/h3-7,9H,8,10H2,1-2H3/b6-5+. The van der Waals surface area contributed by atoms with Gasteiger partial charge in [0.1, 0.15) is 12.4 Å². The summed E-state index contributed by atoms with van der Waals surface area (Å²) in [6.07, 6.45) is 4.24. The minimum Gasteiger partial charge on any atom is -0.462 e. The monoisotopic (exact) mass is 248 g/mol. The number of hydrogen-bond acceptors (Lipinski definition) is 4. The van der Waals surface area contributed by atoms with Crippen molar-refractivity contribution in [2.75, 3.05) is 6.61 Å². The van der Waals surface area contributed by atoms with E-state index in [0.29, 0.717) is 12.2 Å². The molecule has 0 aliphatic carbocycles. The summed E-state index contributed by atoms with van der Waals surface area (Å²) in [5, 5.41) is 0. The molecule has 0 fully saturated rings. The molecule has 1 rings (SSSR count). The van der Waals surface area contributed by atoms with E-state index in [4.69, 9.17) is 9.47 Å². The van der Waals surface area contributed by atoms with Gasteiger partial charge in [0.2, 0.25) is 0 Å². The lowest BCUT2D eigenvalue weighted by Crippen LogP contribution is -2.03. The lowest BCUT2D eigenvalue weighted by Gasteiger charge is -2.06. The van der Waals surface area contributed by atoms with E-state index < -0.39 is 0 Å². The van der Waals surface area contributed by atoms with Crippen molar-refractivity contribution in [3.63, 3.8) is 0 Å². The summed E-state index contributed by atoms with van der Waals surface area (Å²) in [5.41, 5.74) is 0.909. The molecule has 0 radical (unpaired) electrons. The number of para-hydroxylation sites is 1. The number of carbonyl (C=O) groups excluding carboxylic acids is 2. The van der Waals surface area contributed by atoms with Crippen molar-refractivity contribution in [1.82, 2.24) is 0 Å². The van der Waals surface area contributed by atoms with Gasteiger partial charge in [0.25, 0.3) is 0 Å². The van der Waals surface area contributed by atoms with Gasteiger partial charge >= 0.3 is 11.9 Å². The maximum Gasteiger partial charge on any atom is 0.308 e. The van der Waals surface area contributed by atoms with Gasteiger partial charge in [-0.05, 0) is 18.1 Å². The maximum absolute atomic E-state index is 10.9. The highest BCUT2D eigenvalue weighted by atomic mass is 16.5. The van der Waals surface area contributed by atoms with Gasteiger partial charge in [-0.3, -0.25) is 9.59 Å². The zero-order valence-corrected chi connectivity index (χ0v) is 10.5. The summed E-state index contributed by atoms with van der Waals surface area (Å²) < 4.78 is 9.85. The van der Waals surface area contributed by atoms with Gasteiger partial charge in [-0.2, -0.15) is 0 Å². The first-order valence-electron chi connectivity index (χ1n) is 5.64. The van der Waals surface area contributed by atoms with Crippen molar-refractivity contribution in [2.45, 2.75) is 20.3 Å². The zero-order chi connectivity index (χ0) is 13.4. The largest absolute Gasteiger partial charge is 0.462 e. The fourth-order valence-corrected chi connectivity index (χ4v) is 1.37. The lowest BCUT2D eigenvalue weighted by molar-refractivity contribution is -0.139. The molecule has 0 atom stereocenters. The van der Waals surface area contributed by atoms with E-state index in [1.165, 1.54) is 13.8 Å². The molecule has 0 aliphatic rings. The summed E-state index contributed by atoms with van der Waals surface area (Å²) in [6.45, 7) is 2.99. The Labute approximate surface area is 106 Å². The number of allylic oxidation sites excluding steroid dienone is 1. The van der Waals surface area contributed by atoms with Gasteiger partial charge in [0.15, 0.2) is 0 Å². The second-order valence-electron chi connectivity index (χ2n) is 3.68. The van der Waals surface area contributed by atoms with Crippen LogP contribution in [0.25, 0.3) is 0 Å². The molecular formula is C14H16O4. The number of esters is 2. The van der Waals surface area contributed by atoms with E-state index in [-0.39, 0.29) is 18.5 Å². The molecule has 0 aromatic heterocycles. The second kappa shape index (κ2) is 7.27. The number of ether oxygens (including phenoxy) is 2. The highest BCUT2D eigenvalue weighted by molar-refractivity contribution is 5.69. The van der Waals surface area contributed by atoms with E-state index in [1.54, 1.807) is 12.1 Å². The Morgan fingerprint density at radius 3 is 2.50 bits per heavy atom. The first kappa shape index (κ1) is 14.0. The van der Waals surface area contributed by atoms with Gasteiger partial charge in [-0.1, -0.05) is 30.4 Å². The molecule has 0 heterocycles. The van der Waals surface area contributed by atoms with Gasteiger partial charge in [0, 0.05) is 13.8 Å². The van der Waals surface area contributed by atoms with Gasteiger partial charge in [0.05, 0.1) is 0 Å². The Morgan fingerprint density at radius 1 is 1.11 bits per heavy atom. The third kappa shape index (κ3) is 5.30. The van der Waals surface area contributed by atoms with Crippen LogP contribution in [0.1, 0.15) is 19.4 Å². The second-order valence-corrected chi connectivity index (χ2v) is 3.68. The van der Waals surface area contributed by atoms with Gasteiger partial charge < -0.3 is 9.47 Å². The van der Waals surface area contributed by atoms with Gasteiger partial charge in [-0.15, -0.1) is 0 Å². The Bertz CT molecular complexity index is 449. The van der Waals surface area contributed by atoms with E-state index in [2.05, 4.69) is 0 Å². The maximum atomic E-state index is 10.9. The SMILES string of the molecule is CC(=O)OC/C=C/Cc1ccccc1OC(C)=O. The van der Waals surface area contributed by atoms with Crippen molar-refractivity contribution in [3.8, 4) is 5.75 Å². The van der Waals surface area contributed by atoms with Crippen LogP contribution in [0, 0.1) is 0 Å². The van der Waals surface area contributed by atoms with Crippen molar-refractivity contribution in [2.24, 2.45) is 0 Å². The molecule has 96 valence electrons. The van der Waals surface area contributed by atoms with Crippen LogP contribution in [0.15, 0.2) is 36.4 Å². The predicted molar refractivity (Wildman–Crippen MR) is 67.2 cm³/mol. The molecule has 0 amide bonds. The lowest BCUT2D eigenvalue weighted by atomic mass is 10.1. The number of benzene rings is 1. The molecule has 0 spiro atoms. The summed E-state index contributed by atoms with van der Waals surface area (Å²) in [4.78, 5) is 21.5. The van der Waals surface area contributed by atoms with Crippen LogP contribution >= 0.6 is 0 Å². The Kier molecular flexibility index (Phi) is 5.64. The summed E-state index contributed by atoms with van der Waals surface area (Å²) in [6, 6.07) is 7.32. The van der Waals surface area contributed by atoms with Crippen LogP contribution < -0.4 is 4.74 Å². The fourth-order valence-electron chi connectivity index (χ4n) is 1.37. The van der Waals surface area contributed by atoms with Crippen LogP contribution in [0.4, 0.5) is 0 Å². The summed E-state index contributed by atoms with van der Waals surface area (Å²) in [5.74, 6) is -0.0894. The van der Waals surface area contributed by atoms with Crippen LogP contribution in [0.3, 0.4) is 0 Å². The highest BCUT2D eigenvalue weighted by Gasteiger charge is 2.03. The van der Waals surface area contributed by atoms with Crippen LogP contribution in [-0.2, 0) is 20.7 Å². The molecule has 4 nitrogen and oxygen atoms in total. The van der Waals surface area contributed by atoms with Crippen molar-refractivity contribution in [1.29, 1.82) is 0 Å². The summed E-state index contributed by atoms with van der Waals surface area (Å²) in [7, 11) is 0. The zero-order valence-electron chi connectivity index (χ0n) is 10.5. The highest BCUT2D eigenvalue weighted by Crippen LogP contribution is 2.18. The molecule has 18 heavy (non-hydrogen) atoms. The molecule has 1 aromatic carbocycles. The third-order valence-corrected chi connectivity index (χ3v) is 2.11. The predicted octanol–water partition coefficient (Wildman–Crippen LogP) is 2.27. The van der Waals surface area contributed by atoms with Crippen molar-refractivity contribution in [3.05, 3.63) is 42.0 Å². The average Bonchev–Trinajstić information content (AvgIpc) is 2.29. The first-order chi connectivity index (χ1) is 8.59. The summed E-state index contributed by atoms with van der Waals surface area (Å²) >= 11 is 0. The Balaban J connectivity index is 2.55. The van der Waals surface area contributed by atoms with Crippen LogP contribution in [0.5, 0.6) is 5.75 Å². The fraction of sp³-hybridized carbons (Fsp3) is 0.286. The minimum absolute atomic E-state index is 0.255. The Morgan fingerprint density at radius 2 is 1.83 bits per heavy atom. The number of hydrogen-bond donors (Lipinski definition) is 0.